The zero-order valence-electron chi connectivity index (χ0n) is 18.7. The number of likely N-dealkylation sites (tertiary alicyclic amines) is 1. The molecular formula is C22H37N7O. The first kappa shape index (κ1) is 22.3. The summed E-state index contributed by atoms with van der Waals surface area (Å²) in [6.45, 7) is 9.67. The van der Waals surface area contributed by atoms with Gasteiger partial charge in [-0.1, -0.05) is 6.07 Å². The van der Waals surface area contributed by atoms with Gasteiger partial charge in [0.1, 0.15) is 5.82 Å². The fourth-order valence-corrected chi connectivity index (χ4v) is 4.04. The molecule has 0 aromatic carbocycles. The molecule has 0 radical (unpaired) electrons. The fraction of sp³-hybridized carbons (Fsp3) is 0.682. The van der Waals surface area contributed by atoms with Crippen LogP contribution < -0.4 is 15.5 Å². The molecule has 0 aliphatic carbocycles. The first-order chi connectivity index (χ1) is 14.6. The molecule has 0 bridgehead atoms. The van der Waals surface area contributed by atoms with E-state index in [0.717, 1.165) is 76.0 Å². The first-order valence-corrected chi connectivity index (χ1v) is 11.2. The Morgan fingerprint density at radius 2 is 1.90 bits per heavy atom. The Morgan fingerprint density at radius 3 is 2.50 bits per heavy atom. The smallest absolute Gasteiger partial charge is 0.220 e. The maximum Gasteiger partial charge on any atom is 0.220 e. The van der Waals surface area contributed by atoms with Gasteiger partial charge >= 0.3 is 0 Å². The van der Waals surface area contributed by atoms with Gasteiger partial charge in [-0.25, -0.2) is 9.98 Å². The summed E-state index contributed by atoms with van der Waals surface area (Å²) in [6.07, 6.45) is 4.64. The number of nitrogens with one attached hydrogen (secondary N) is 2. The maximum absolute atomic E-state index is 11.6. The normalized spacial score (nSPS) is 19.1. The molecule has 0 atom stereocenters. The second kappa shape index (κ2) is 11.2. The molecule has 2 N–H and O–H groups in total. The van der Waals surface area contributed by atoms with Crippen LogP contribution in [0.25, 0.3) is 0 Å². The van der Waals surface area contributed by atoms with Crippen LogP contribution in [0.4, 0.5) is 5.82 Å². The summed E-state index contributed by atoms with van der Waals surface area (Å²) in [5.41, 5.74) is 1.12. The van der Waals surface area contributed by atoms with Gasteiger partial charge in [0.05, 0.1) is 6.54 Å². The Labute approximate surface area is 180 Å². The molecule has 30 heavy (non-hydrogen) atoms. The van der Waals surface area contributed by atoms with Gasteiger partial charge in [0.15, 0.2) is 5.96 Å². The van der Waals surface area contributed by atoms with Crippen LogP contribution >= 0.6 is 0 Å². The second-order valence-electron chi connectivity index (χ2n) is 8.29. The number of rotatable bonds is 6. The number of piperidine rings is 1. The highest BCUT2D eigenvalue weighted by Crippen LogP contribution is 2.21. The van der Waals surface area contributed by atoms with Gasteiger partial charge in [0.2, 0.25) is 5.91 Å². The van der Waals surface area contributed by atoms with Gasteiger partial charge < -0.3 is 25.3 Å². The molecule has 1 aromatic heterocycles. The number of amides is 1. The summed E-state index contributed by atoms with van der Waals surface area (Å²) in [6, 6.07) is 4.26. The molecule has 2 aliphatic rings. The van der Waals surface area contributed by atoms with E-state index in [-0.39, 0.29) is 5.91 Å². The van der Waals surface area contributed by atoms with E-state index in [9.17, 15) is 4.79 Å². The van der Waals surface area contributed by atoms with E-state index in [1.807, 2.05) is 6.20 Å². The van der Waals surface area contributed by atoms with E-state index < -0.39 is 0 Å². The van der Waals surface area contributed by atoms with Crippen molar-refractivity contribution in [3.63, 3.8) is 0 Å². The van der Waals surface area contributed by atoms with Crippen LogP contribution in [0.2, 0.25) is 0 Å². The van der Waals surface area contributed by atoms with Crippen molar-refractivity contribution in [3.8, 4) is 0 Å². The first-order valence-electron chi connectivity index (χ1n) is 11.2. The highest BCUT2D eigenvalue weighted by Gasteiger charge is 2.23. The number of aliphatic imine (C=N–C) groups is 1. The second-order valence-corrected chi connectivity index (χ2v) is 8.29. The monoisotopic (exact) mass is 415 g/mol. The van der Waals surface area contributed by atoms with Gasteiger partial charge in [-0.15, -0.1) is 0 Å². The fourth-order valence-electron chi connectivity index (χ4n) is 4.04. The minimum atomic E-state index is 0.140. The van der Waals surface area contributed by atoms with Gasteiger partial charge in [-0.3, -0.25) is 4.79 Å². The molecule has 2 aliphatic heterocycles. The van der Waals surface area contributed by atoms with Crippen molar-refractivity contribution in [2.45, 2.75) is 32.7 Å². The van der Waals surface area contributed by atoms with Crippen molar-refractivity contribution < 1.29 is 4.79 Å². The van der Waals surface area contributed by atoms with Crippen LogP contribution in [-0.4, -0.2) is 86.6 Å². The standard InChI is InChI=1S/C22H37N7O/c1-4-24-22(29-9-7-18(8-10-29)15-21(30)23-2)26-17-19-5-6-20(25-16-19)28-13-11-27(3)12-14-28/h5-6,16,18H,4,7-15,17H2,1-3H3,(H,23,30)(H,24,26). The molecule has 3 rings (SSSR count). The van der Waals surface area contributed by atoms with Crippen LogP contribution in [0, 0.1) is 5.92 Å². The summed E-state index contributed by atoms with van der Waals surface area (Å²) >= 11 is 0. The van der Waals surface area contributed by atoms with E-state index >= 15 is 0 Å². The third kappa shape index (κ3) is 6.32. The number of anilines is 1. The Kier molecular flexibility index (Phi) is 8.30. The molecule has 3 heterocycles. The molecule has 8 nitrogen and oxygen atoms in total. The number of hydrogen-bond donors (Lipinski definition) is 2. The van der Waals surface area contributed by atoms with Crippen molar-refractivity contribution in [3.05, 3.63) is 23.9 Å². The van der Waals surface area contributed by atoms with E-state index in [2.05, 4.69) is 56.4 Å². The molecule has 0 unspecified atom stereocenters. The molecule has 0 saturated carbocycles. The van der Waals surface area contributed by atoms with E-state index in [1.165, 1.54) is 0 Å². The van der Waals surface area contributed by atoms with Gasteiger partial charge in [0, 0.05) is 65.5 Å². The molecular weight excluding hydrogens is 378 g/mol. The van der Waals surface area contributed by atoms with Crippen LogP contribution in [0.1, 0.15) is 31.7 Å². The zero-order chi connectivity index (χ0) is 21.3. The van der Waals surface area contributed by atoms with Crippen LogP contribution in [-0.2, 0) is 11.3 Å². The number of carbonyl (C=O) groups is 1. The van der Waals surface area contributed by atoms with Crippen molar-refractivity contribution >= 4 is 17.7 Å². The summed E-state index contributed by atoms with van der Waals surface area (Å²) in [7, 11) is 3.87. The number of piperazine rings is 1. The lowest BCUT2D eigenvalue weighted by molar-refractivity contribution is -0.121. The van der Waals surface area contributed by atoms with Crippen LogP contribution in [0.3, 0.4) is 0 Å². The lowest BCUT2D eigenvalue weighted by Crippen LogP contribution is -2.46. The Hall–Kier alpha value is -2.35. The maximum atomic E-state index is 11.6. The average Bonchev–Trinajstić information content (AvgIpc) is 2.78. The summed E-state index contributed by atoms with van der Waals surface area (Å²) < 4.78 is 0. The molecule has 0 spiro atoms. The molecule has 1 amide bonds. The molecule has 8 heteroatoms. The van der Waals surface area contributed by atoms with E-state index in [4.69, 9.17) is 4.99 Å². The largest absolute Gasteiger partial charge is 0.359 e. The van der Waals surface area contributed by atoms with Crippen LogP contribution in [0.5, 0.6) is 0 Å². The van der Waals surface area contributed by atoms with E-state index in [0.29, 0.717) is 18.9 Å². The van der Waals surface area contributed by atoms with E-state index in [1.54, 1.807) is 7.05 Å². The van der Waals surface area contributed by atoms with Gasteiger partial charge in [-0.2, -0.15) is 0 Å². The summed E-state index contributed by atoms with van der Waals surface area (Å²) in [5, 5.41) is 6.15. The minimum absolute atomic E-state index is 0.140. The number of nitrogens with zero attached hydrogens (tertiary/aromatic N) is 5. The number of pyridine rings is 1. The van der Waals surface area contributed by atoms with Crippen molar-refractivity contribution in [2.24, 2.45) is 10.9 Å². The lowest BCUT2D eigenvalue weighted by atomic mass is 9.93. The Bertz CT molecular complexity index is 690. The van der Waals surface area contributed by atoms with Crippen LogP contribution in [0.15, 0.2) is 23.3 Å². The van der Waals surface area contributed by atoms with Gasteiger partial charge in [0.25, 0.3) is 0 Å². The zero-order valence-corrected chi connectivity index (χ0v) is 18.7. The number of guanidine groups is 1. The quantitative estimate of drug-likeness (QED) is 0.536. The molecule has 166 valence electrons. The Morgan fingerprint density at radius 1 is 1.17 bits per heavy atom. The molecule has 2 fully saturated rings. The SMILES string of the molecule is CCNC(=NCc1ccc(N2CCN(C)CC2)nc1)N1CCC(CC(=O)NC)CC1. The topological polar surface area (TPSA) is 76.1 Å². The predicted molar refractivity (Wildman–Crippen MR) is 122 cm³/mol. The van der Waals surface area contributed by atoms with Gasteiger partial charge in [-0.05, 0) is 44.4 Å². The molecule has 1 aromatic rings. The number of hydrogen-bond acceptors (Lipinski definition) is 5. The summed E-state index contributed by atoms with van der Waals surface area (Å²) in [4.78, 5) is 28.2. The highest BCUT2D eigenvalue weighted by molar-refractivity contribution is 5.80. The number of likely N-dealkylation sites (N-methyl/N-ethyl adjacent to an activating group) is 1. The third-order valence-electron chi connectivity index (χ3n) is 6.05. The number of aromatic nitrogens is 1. The lowest BCUT2D eigenvalue weighted by Gasteiger charge is -2.34. The van der Waals surface area contributed by atoms with Crippen molar-refractivity contribution in [2.75, 3.05) is 64.8 Å². The highest BCUT2D eigenvalue weighted by atomic mass is 16.1. The predicted octanol–water partition coefficient (Wildman–Crippen LogP) is 1.15. The average molecular weight is 416 g/mol. The molecule has 2 saturated heterocycles. The Balaban J connectivity index is 1.54. The van der Waals surface area contributed by atoms with Crippen molar-refractivity contribution in [1.82, 2.24) is 25.4 Å². The minimum Gasteiger partial charge on any atom is -0.359 e. The number of carbonyl (C=O) groups excluding carboxylic acids is 1. The summed E-state index contributed by atoms with van der Waals surface area (Å²) in [5.74, 6) is 2.62. The van der Waals surface area contributed by atoms with Crippen molar-refractivity contribution in [1.29, 1.82) is 0 Å². The third-order valence-corrected chi connectivity index (χ3v) is 6.05.